The Morgan fingerprint density at radius 2 is 1.89 bits per heavy atom. The highest BCUT2D eigenvalue weighted by Gasteiger charge is 2.36. The maximum absolute atomic E-state index is 12.2. The van der Waals surface area contributed by atoms with Crippen LogP contribution in [-0.2, 0) is 0 Å². The number of ether oxygens (including phenoxy) is 1. The standard InChI is InChI=1S/C15H20N2O2/c1-16-12-7-8-13(16)11-17(10-9-12)15(18)19-14-5-3-2-4-6-14/h2-6,12-13H,7-11H2,1H3. The van der Waals surface area contributed by atoms with Crippen molar-refractivity contribution in [2.75, 3.05) is 20.1 Å². The minimum Gasteiger partial charge on any atom is -0.410 e. The number of nitrogens with zero attached hydrogens (tertiary/aromatic N) is 2. The molecule has 1 amide bonds. The summed E-state index contributed by atoms with van der Waals surface area (Å²) in [7, 11) is 2.17. The Hall–Kier alpha value is -1.55. The molecular formula is C15H20N2O2. The molecule has 2 fully saturated rings. The molecule has 4 heteroatoms. The van der Waals surface area contributed by atoms with Gasteiger partial charge in [0.05, 0.1) is 0 Å². The first-order valence-corrected chi connectivity index (χ1v) is 6.98. The van der Waals surface area contributed by atoms with Crippen LogP contribution < -0.4 is 4.74 Å². The second-order valence-corrected chi connectivity index (χ2v) is 5.47. The summed E-state index contributed by atoms with van der Waals surface area (Å²) in [5, 5.41) is 0. The Bertz CT molecular complexity index is 449. The Labute approximate surface area is 113 Å². The third-order valence-electron chi connectivity index (χ3n) is 4.35. The Morgan fingerprint density at radius 1 is 1.16 bits per heavy atom. The first kappa shape index (κ1) is 12.5. The summed E-state index contributed by atoms with van der Waals surface area (Å²) < 4.78 is 5.42. The van der Waals surface area contributed by atoms with Crippen LogP contribution in [0, 0.1) is 0 Å². The zero-order chi connectivity index (χ0) is 13.2. The van der Waals surface area contributed by atoms with E-state index in [1.54, 1.807) is 0 Å². The van der Waals surface area contributed by atoms with Crippen molar-refractivity contribution in [3.05, 3.63) is 30.3 Å². The maximum Gasteiger partial charge on any atom is 0.415 e. The van der Waals surface area contributed by atoms with Crippen molar-refractivity contribution < 1.29 is 9.53 Å². The average molecular weight is 260 g/mol. The second kappa shape index (κ2) is 5.21. The summed E-state index contributed by atoms with van der Waals surface area (Å²) in [4.78, 5) is 16.5. The fourth-order valence-corrected chi connectivity index (χ4v) is 3.13. The number of likely N-dealkylation sites (N-methyl/N-ethyl adjacent to an activating group) is 1. The largest absolute Gasteiger partial charge is 0.415 e. The summed E-state index contributed by atoms with van der Waals surface area (Å²) in [5.74, 6) is 0.621. The first-order chi connectivity index (χ1) is 9.24. The quantitative estimate of drug-likeness (QED) is 0.777. The highest BCUT2D eigenvalue weighted by molar-refractivity contribution is 5.70. The van der Waals surface area contributed by atoms with Gasteiger partial charge in [-0.3, -0.25) is 4.90 Å². The van der Waals surface area contributed by atoms with Crippen LogP contribution >= 0.6 is 0 Å². The molecule has 0 N–H and O–H groups in total. The third-order valence-corrected chi connectivity index (χ3v) is 4.35. The van der Waals surface area contributed by atoms with E-state index in [-0.39, 0.29) is 6.09 Å². The molecule has 0 radical (unpaired) electrons. The summed E-state index contributed by atoms with van der Waals surface area (Å²) in [6.45, 7) is 1.59. The van der Waals surface area contributed by atoms with Crippen LogP contribution in [0.1, 0.15) is 19.3 Å². The van der Waals surface area contributed by atoms with Gasteiger partial charge in [-0.05, 0) is 38.4 Å². The van der Waals surface area contributed by atoms with Gasteiger partial charge in [0.2, 0.25) is 0 Å². The lowest BCUT2D eigenvalue weighted by Crippen LogP contribution is -2.41. The molecule has 19 heavy (non-hydrogen) atoms. The van der Waals surface area contributed by atoms with Gasteiger partial charge in [-0.2, -0.15) is 0 Å². The van der Waals surface area contributed by atoms with E-state index >= 15 is 0 Å². The average Bonchev–Trinajstić information content (AvgIpc) is 2.64. The van der Waals surface area contributed by atoms with Crippen LogP contribution in [0.4, 0.5) is 4.79 Å². The molecule has 2 aliphatic rings. The van der Waals surface area contributed by atoms with Gasteiger partial charge < -0.3 is 9.64 Å². The second-order valence-electron chi connectivity index (χ2n) is 5.47. The number of hydrogen-bond donors (Lipinski definition) is 0. The van der Waals surface area contributed by atoms with Gasteiger partial charge in [-0.1, -0.05) is 18.2 Å². The van der Waals surface area contributed by atoms with E-state index in [9.17, 15) is 4.79 Å². The number of fused-ring (bicyclic) bond motifs is 2. The normalized spacial score (nSPS) is 27.1. The molecule has 0 aromatic heterocycles. The van der Waals surface area contributed by atoms with E-state index in [1.807, 2.05) is 35.2 Å². The van der Waals surface area contributed by atoms with Crippen LogP contribution in [0.2, 0.25) is 0 Å². The molecule has 2 atom stereocenters. The summed E-state index contributed by atoms with van der Waals surface area (Å²) in [5.41, 5.74) is 0. The monoisotopic (exact) mass is 260 g/mol. The molecule has 0 aliphatic carbocycles. The summed E-state index contributed by atoms with van der Waals surface area (Å²) >= 11 is 0. The SMILES string of the molecule is CN1C2CCC1CN(C(=O)Oc1ccccc1)CC2. The van der Waals surface area contributed by atoms with E-state index in [1.165, 1.54) is 12.8 Å². The van der Waals surface area contributed by atoms with Gasteiger partial charge in [0, 0.05) is 25.2 Å². The lowest BCUT2D eigenvalue weighted by molar-refractivity contribution is 0.146. The highest BCUT2D eigenvalue weighted by atomic mass is 16.6. The van der Waals surface area contributed by atoms with Gasteiger partial charge in [0.25, 0.3) is 0 Å². The van der Waals surface area contributed by atoms with E-state index < -0.39 is 0 Å². The zero-order valence-corrected chi connectivity index (χ0v) is 11.3. The molecule has 2 saturated heterocycles. The van der Waals surface area contributed by atoms with Crippen molar-refractivity contribution in [3.63, 3.8) is 0 Å². The van der Waals surface area contributed by atoms with Crippen LogP contribution in [0.5, 0.6) is 5.75 Å². The van der Waals surface area contributed by atoms with Crippen molar-refractivity contribution in [2.45, 2.75) is 31.3 Å². The fraction of sp³-hybridized carbons (Fsp3) is 0.533. The first-order valence-electron chi connectivity index (χ1n) is 6.98. The van der Waals surface area contributed by atoms with Gasteiger partial charge in [0.1, 0.15) is 5.75 Å². The molecular weight excluding hydrogens is 240 g/mol. The molecule has 2 aliphatic heterocycles. The zero-order valence-electron chi connectivity index (χ0n) is 11.3. The highest BCUT2D eigenvalue weighted by Crippen LogP contribution is 2.28. The fourth-order valence-electron chi connectivity index (χ4n) is 3.13. The Kier molecular flexibility index (Phi) is 3.42. The van der Waals surface area contributed by atoms with Gasteiger partial charge in [0.15, 0.2) is 0 Å². The number of hydrogen-bond acceptors (Lipinski definition) is 3. The number of likely N-dealkylation sites (tertiary alicyclic amines) is 1. The minimum absolute atomic E-state index is 0.216. The summed E-state index contributed by atoms with van der Waals surface area (Å²) in [6.07, 6.45) is 3.29. The number of para-hydroxylation sites is 1. The lowest BCUT2D eigenvalue weighted by atomic mass is 10.1. The van der Waals surface area contributed by atoms with Gasteiger partial charge in [-0.15, -0.1) is 0 Å². The number of carbonyl (C=O) groups excluding carboxylic acids is 1. The van der Waals surface area contributed by atoms with Crippen LogP contribution in [0.25, 0.3) is 0 Å². The van der Waals surface area contributed by atoms with Crippen molar-refractivity contribution in [2.24, 2.45) is 0 Å². The lowest BCUT2D eigenvalue weighted by Gasteiger charge is -2.25. The van der Waals surface area contributed by atoms with E-state index in [4.69, 9.17) is 4.74 Å². The molecule has 3 rings (SSSR count). The maximum atomic E-state index is 12.2. The van der Waals surface area contributed by atoms with Crippen LogP contribution in [0.15, 0.2) is 30.3 Å². The number of benzene rings is 1. The molecule has 0 saturated carbocycles. The molecule has 1 aromatic carbocycles. The van der Waals surface area contributed by atoms with E-state index in [0.29, 0.717) is 17.8 Å². The van der Waals surface area contributed by atoms with Crippen molar-refractivity contribution in [1.29, 1.82) is 0 Å². The van der Waals surface area contributed by atoms with E-state index in [0.717, 1.165) is 19.5 Å². The molecule has 2 unspecified atom stereocenters. The predicted octanol–water partition coefficient (Wildman–Crippen LogP) is 2.35. The van der Waals surface area contributed by atoms with Crippen molar-refractivity contribution in [1.82, 2.24) is 9.80 Å². The van der Waals surface area contributed by atoms with E-state index in [2.05, 4.69) is 11.9 Å². The predicted molar refractivity (Wildman–Crippen MR) is 73.2 cm³/mol. The smallest absolute Gasteiger partial charge is 0.410 e. The number of rotatable bonds is 1. The van der Waals surface area contributed by atoms with Gasteiger partial charge in [-0.25, -0.2) is 4.79 Å². The molecule has 0 spiro atoms. The van der Waals surface area contributed by atoms with Crippen LogP contribution in [-0.4, -0.2) is 48.1 Å². The van der Waals surface area contributed by atoms with Crippen molar-refractivity contribution >= 4 is 6.09 Å². The summed E-state index contributed by atoms with van der Waals surface area (Å²) in [6, 6.07) is 10.4. The molecule has 102 valence electrons. The molecule has 1 aromatic rings. The molecule has 2 heterocycles. The van der Waals surface area contributed by atoms with Crippen molar-refractivity contribution in [3.8, 4) is 5.75 Å². The van der Waals surface area contributed by atoms with Crippen LogP contribution in [0.3, 0.4) is 0 Å². The minimum atomic E-state index is -0.216. The Morgan fingerprint density at radius 3 is 2.68 bits per heavy atom. The van der Waals surface area contributed by atoms with Gasteiger partial charge >= 0.3 is 6.09 Å². The molecule has 2 bridgehead atoms. The molecule has 4 nitrogen and oxygen atoms in total. The third kappa shape index (κ3) is 2.59. The number of carbonyl (C=O) groups is 1. The topological polar surface area (TPSA) is 32.8 Å². The number of amides is 1. The Balaban J connectivity index is 1.64.